The van der Waals surface area contributed by atoms with Gasteiger partial charge in [-0.2, -0.15) is 0 Å². The van der Waals surface area contributed by atoms with Crippen LogP contribution in [0.2, 0.25) is 0 Å². The summed E-state index contributed by atoms with van der Waals surface area (Å²) in [5, 5.41) is 0. The molecule has 0 saturated carbocycles. The smallest absolute Gasteiger partial charge is 0.234 e. The number of benzene rings is 1. The number of amides is 1. The third-order valence-electron chi connectivity index (χ3n) is 3.57. The van der Waals surface area contributed by atoms with Crippen LogP contribution in [0.5, 0.6) is 0 Å². The molecule has 5 heteroatoms. The van der Waals surface area contributed by atoms with E-state index in [1.54, 1.807) is 0 Å². The highest BCUT2D eigenvalue weighted by atomic mass is 32.1. The van der Waals surface area contributed by atoms with E-state index < -0.39 is 0 Å². The lowest BCUT2D eigenvalue weighted by molar-refractivity contribution is -0.124. The molecular formula is C14H19N3OS. The Morgan fingerprint density at radius 3 is 2.53 bits per heavy atom. The molecule has 0 aliphatic carbocycles. The van der Waals surface area contributed by atoms with E-state index >= 15 is 0 Å². The fraction of sp³-hybridized carbons (Fsp3) is 0.429. The Kier molecular flexibility index (Phi) is 4.50. The number of rotatable bonds is 4. The summed E-state index contributed by atoms with van der Waals surface area (Å²) in [5.41, 5.74) is 13.0. The van der Waals surface area contributed by atoms with Gasteiger partial charge in [0.05, 0.1) is 6.04 Å². The number of hydrogen-bond donors (Lipinski definition) is 2. The monoisotopic (exact) mass is 277 g/mol. The zero-order chi connectivity index (χ0) is 13.8. The number of piperidine rings is 1. The first kappa shape index (κ1) is 14.0. The fourth-order valence-corrected chi connectivity index (χ4v) is 2.65. The predicted molar refractivity (Wildman–Crippen MR) is 79.6 cm³/mol. The van der Waals surface area contributed by atoms with Gasteiger partial charge in [-0.1, -0.05) is 42.9 Å². The molecule has 1 aliphatic rings. The molecule has 4 N–H and O–H groups in total. The van der Waals surface area contributed by atoms with E-state index in [1.807, 2.05) is 24.3 Å². The molecule has 1 aromatic carbocycles. The summed E-state index contributed by atoms with van der Waals surface area (Å²) in [5.74, 6) is -0.223. The van der Waals surface area contributed by atoms with Crippen LogP contribution in [0.15, 0.2) is 24.3 Å². The number of nitrogens with two attached hydrogens (primary N) is 2. The maximum Gasteiger partial charge on any atom is 0.234 e. The average Bonchev–Trinajstić information content (AvgIpc) is 2.39. The predicted octanol–water partition coefficient (Wildman–Crippen LogP) is 1.16. The summed E-state index contributed by atoms with van der Waals surface area (Å²) in [7, 11) is 0. The SMILES string of the molecule is NC(=O)C1CCCCN1Cc1ccc(C(N)=S)cc1. The van der Waals surface area contributed by atoms with Crippen molar-refractivity contribution >= 4 is 23.1 Å². The van der Waals surface area contributed by atoms with Gasteiger partial charge in [0.25, 0.3) is 0 Å². The van der Waals surface area contributed by atoms with Gasteiger partial charge in [0.2, 0.25) is 5.91 Å². The number of carbonyl (C=O) groups is 1. The van der Waals surface area contributed by atoms with Crippen LogP contribution in [-0.2, 0) is 11.3 Å². The molecular weight excluding hydrogens is 258 g/mol. The van der Waals surface area contributed by atoms with Crippen LogP contribution in [0.25, 0.3) is 0 Å². The van der Waals surface area contributed by atoms with E-state index in [9.17, 15) is 4.79 Å². The summed E-state index contributed by atoms with van der Waals surface area (Å²) < 4.78 is 0. The molecule has 1 aliphatic heterocycles. The Morgan fingerprint density at radius 2 is 1.95 bits per heavy atom. The van der Waals surface area contributed by atoms with E-state index in [4.69, 9.17) is 23.7 Å². The van der Waals surface area contributed by atoms with Crippen molar-refractivity contribution in [2.45, 2.75) is 31.8 Å². The maximum atomic E-state index is 11.4. The highest BCUT2D eigenvalue weighted by Gasteiger charge is 2.26. The second-order valence-corrected chi connectivity index (χ2v) is 5.39. The van der Waals surface area contributed by atoms with Crippen LogP contribution < -0.4 is 11.5 Å². The van der Waals surface area contributed by atoms with E-state index in [-0.39, 0.29) is 11.9 Å². The number of carbonyl (C=O) groups excluding carboxylic acids is 1. The molecule has 1 amide bonds. The molecule has 1 heterocycles. The summed E-state index contributed by atoms with van der Waals surface area (Å²) in [6.45, 7) is 1.66. The third-order valence-corrected chi connectivity index (χ3v) is 3.80. The van der Waals surface area contributed by atoms with Gasteiger partial charge in [-0.3, -0.25) is 9.69 Å². The summed E-state index contributed by atoms with van der Waals surface area (Å²) in [4.78, 5) is 14.0. The van der Waals surface area contributed by atoms with E-state index in [1.165, 1.54) is 0 Å². The molecule has 19 heavy (non-hydrogen) atoms. The van der Waals surface area contributed by atoms with Gasteiger partial charge in [-0.05, 0) is 24.9 Å². The number of thiocarbonyl (C=S) groups is 1. The van der Waals surface area contributed by atoms with Crippen molar-refractivity contribution in [2.24, 2.45) is 11.5 Å². The van der Waals surface area contributed by atoms with Gasteiger partial charge in [0.1, 0.15) is 4.99 Å². The second kappa shape index (κ2) is 6.12. The van der Waals surface area contributed by atoms with Gasteiger partial charge < -0.3 is 11.5 Å². The van der Waals surface area contributed by atoms with Crippen LogP contribution >= 0.6 is 12.2 Å². The van der Waals surface area contributed by atoms with Crippen molar-refractivity contribution < 1.29 is 4.79 Å². The molecule has 1 aromatic rings. The molecule has 0 radical (unpaired) electrons. The van der Waals surface area contributed by atoms with Crippen molar-refractivity contribution in [2.75, 3.05) is 6.54 Å². The van der Waals surface area contributed by atoms with Crippen molar-refractivity contribution in [3.05, 3.63) is 35.4 Å². The zero-order valence-corrected chi connectivity index (χ0v) is 11.7. The summed E-state index contributed by atoms with van der Waals surface area (Å²) >= 11 is 4.93. The van der Waals surface area contributed by atoms with Crippen molar-refractivity contribution in [3.63, 3.8) is 0 Å². The standard InChI is InChI=1S/C14H19N3OS/c15-13(18)12-3-1-2-8-17(12)9-10-4-6-11(7-5-10)14(16)19/h4-7,12H,1-3,8-9H2,(H2,15,18)(H2,16,19). The normalized spacial score (nSPS) is 20.1. The van der Waals surface area contributed by atoms with Gasteiger partial charge in [-0.15, -0.1) is 0 Å². The van der Waals surface area contributed by atoms with Crippen LogP contribution in [-0.4, -0.2) is 28.4 Å². The van der Waals surface area contributed by atoms with Crippen LogP contribution in [0, 0.1) is 0 Å². The molecule has 4 nitrogen and oxygen atoms in total. The zero-order valence-electron chi connectivity index (χ0n) is 10.8. The minimum absolute atomic E-state index is 0.135. The second-order valence-electron chi connectivity index (χ2n) is 4.95. The third kappa shape index (κ3) is 3.52. The maximum absolute atomic E-state index is 11.4. The van der Waals surface area contributed by atoms with Crippen molar-refractivity contribution in [3.8, 4) is 0 Å². The molecule has 102 valence electrons. The molecule has 1 saturated heterocycles. The molecule has 0 spiro atoms. The Labute approximate surface area is 118 Å². The first-order valence-corrected chi connectivity index (χ1v) is 6.91. The van der Waals surface area contributed by atoms with Gasteiger partial charge in [0, 0.05) is 12.1 Å². The fourth-order valence-electron chi connectivity index (χ4n) is 2.51. The topological polar surface area (TPSA) is 72.4 Å². The average molecular weight is 277 g/mol. The Balaban J connectivity index is 2.06. The van der Waals surface area contributed by atoms with Crippen molar-refractivity contribution in [1.82, 2.24) is 4.90 Å². The Hall–Kier alpha value is -1.46. The lowest BCUT2D eigenvalue weighted by Crippen LogP contribution is -2.47. The first-order chi connectivity index (χ1) is 9.08. The number of likely N-dealkylation sites (tertiary alicyclic amines) is 1. The molecule has 0 bridgehead atoms. The molecule has 1 atom stereocenters. The molecule has 1 unspecified atom stereocenters. The minimum Gasteiger partial charge on any atom is -0.389 e. The quantitative estimate of drug-likeness (QED) is 0.810. The largest absolute Gasteiger partial charge is 0.389 e. The van der Waals surface area contributed by atoms with Crippen LogP contribution in [0.3, 0.4) is 0 Å². The Morgan fingerprint density at radius 1 is 1.26 bits per heavy atom. The lowest BCUT2D eigenvalue weighted by atomic mass is 10.0. The molecule has 2 rings (SSSR count). The van der Waals surface area contributed by atoms with Crippen molar-refractivity contribution in [1.29, 1.82) is 0 Å². The minimum atomic E-state index is -0.223. The van der Waals surface area contributed by atoms with E-state index in [0.717, 1.165) is 43.5 Å². The van der Waals surface area contributed by atoms with Crippen LogP contribution in [0.1, 0.15) is 30.4 Å². The number of hydrogen-bond acceptors (Lipinski definition) is 3. The van der Waals surface area contributed by atoms with Gasteiger partial charge in [0.15, 0.2) is 0 Å². The summed E-state index contributed by atoms with van der Waals surface area (Å²) in [6, 6.07) is 7.70. The molecule has 1 fully saturated rings. The van der Waals surface area contributed by atoms with E-state index in [0.29, 0.717) is 4.99 Å². The number of nitrogens with zero attached hydrogens (tertiary/aromatic N) is 1. The van der Waals surface area contributed by atoms with E-state index in [2.05, 4.69) is 4.90 Å². The van der Waals surface area contributed by atoms with Crippen LogP contribution in [0.4, 0.5) is 0 Å². The first-order valence-electron chi connectivity index (χ1n) is 6.50. The lowest BCUT2D eigenvalue weighted by Gasteiger charge is -2.33. The highest BCUT2D eigenvalue weighted by molar-refractivity contribution is 7.80. The van der Waals surface area contributed by atoms with Gasteiger partial charge in [-0.25, -0.2) is 0 Å². The summed E-state index contributed by atoms with van der Waals surface area (Å²) in [6.07, 6.45) is 3.06. The molecule has 0 aromatic heterocycles. The number of primary amides is 1. The van der Waals surface area contributed by atoms with Gasteiger partial charge >= 0.3 is 0 Å². The Bertz CT molecular complexity index is 472. The highest BCUT2D eigenvalue weighted by Crippen LogP contribution is 2.19.